The number of nitrogens with one attached hydrogen (secondary N) is 4. The van der Waals surface area contributed by atoms with Gasteiger partial charge in [0.2, 0.25) is 35.4 Å². The zero-order valence-electron chi connectivity index (χ0n) is 64.6. The van der Waals surface area contributed by atoms with Gasteiger partial charge in [0, 0.05) is 74.7 Å². The third-order valence-electron chi connectivity index (χ3n) is 18.6. The first-order chi connectivity index (χ1) is 53.1. The number of benzene rings is 3. The van der Waals surface area contributed by atoms with Crippen LogP contribution in [0.4, 0.5) is 21.9 Å². The molecule has 5 aliphatic rings. The number of carbonyl (C=O) groups excluding carboxylic acids is 9. The molecule has 1 saturated heterocycles. The van der Waals surface area contributed by atoms with Crippen molar-refractivity contribution >= 4 is 76.6 Å². The average molecular weight is 1540 g/mol. The maximum Gasteiger partial charge on any atom is 0.416 e. The molecule has 3 aromatic carbocycles. The highest BCUT2D eigenvalue weighted by Gasteiger charge is 2.46. The zero-order valence-corrected chi connectivity index (χ0v) is 64.6. The molecule has 0 spiro atoms. The van der Waals surface area contributed by atoms with Crippen molar-refractivity contribution in [2.24, 2.45) is 22.7 Å². The van der Waals surface area contributed by atoms with Crippen LogP contribution >= 0.6 is 0 Å². The van der Waals surface area contributed by atoms with Crippen LogP contribution in [0, 0.1) is 17.8 Å². The molecule has 0 aliphatic carbocycles. The minimum atomic E-state index is -1.53. The normalized spacial score (nSPS) is 17.7. The lowest BCUT2D eigenvalue weighted by Gasteiger charge is -2.31. The molecule has 1 fully saturated rings. The number of likely N-dealkylation sites (tertiary alicyclic amines) is 1. The van der Waals surface area contributed by atoms with Crippen molar-refractivity contribution in [1.29, 1.82) is 0 Å². The molecule has 6 atom stereocenters. The van der Waals surface area contributed by atoms with E-state index < -0.39 is 54.1 Å². The Balaban J connectivity index is 0.639. The van der Waals surface area contributed by atoms with Gasteiger partial charge in [0.1, 0.15) is 18.7 Å². The third-order valence-corrected chi connectivity index (χ3v) is 18.6. The second-order valence-electron chi connectivity index (χ2n) is 27.7. The van der Waals surface area contributed by atoms with Crippen LogP contribution in [-0.4, -0.2) is 256 Å². The molecule has 8 rings (SSSR count). The zero-order chi connectivity index (χ0) is 79.1. The van der Waals surface area contributed by atoms with Gasteiger partial charge in [-0.05, 0) is 94.5 Å². The van der Waals surface area contributed by atoms with Crippen molar-refractivity contribution in [2.75, 3.05) is 156 Å². The Bertz CT molecular complexity index is 3680. The molecule has 0 aromatic heterocycles. The van der Waals surface area contributed by atoms with E-state index in [-0.39, 0.29) is 129 Å². The smallest absolute Gasteiger partial charge is 0.416 e. The van der Waals surface area contributed by atoms with E-state index in [9.17, 15) is 48.3 Å². The molecule has 0 bridgehead atoms. The van der Waals surface area contributed by atoms with Gasteiger partial charge in [-0.3, -0.25) is 48.2 Å². The molecule has 5 aliphatic heterocycles. The fraction of sp³-hybridized carbons (Fsp3) is 0.590. The number of hydrogen-bond acceptors (Lipinski definition) is 24. The van der Waals surface area contributed by atoms with E-state index in [0.29, 0.717) is 159 Å². The molecule has 32 nitrogen and oxygen atoms in total. The number of aliphatic imine (C=N–C) groups is 1. The van der Waals surface area contributed by atoms with Crippen LogP contribution in [-0.2, 0) is 78.0 Å². The van der Waals surface area contributed by atoms with E-state index >= 15 is 0 Å². The number of methoxy groups -OCH3 is 2. The first kappa shape index (κ1) is 86.5. The van der Waals surface area contributed by atoms with Crippen molar-refractivity contribution in [3.63, 3.8) is 0 Å². The Hall–Kier alpha value is -9.12. The van der Waals surface area contributed by atoms with Crippen LogP contribution in [0.5, 0.6) is 23.0 Å². The standard InChI is InChI=1S/C78H109N9O23/c1-50(2)58-43-70(90)84(74(58)93)20-17-68(88)79-19-24-101-26-28-103-30-32-105-34-36-107-38-37-106-35-33-104-31-29-102-27-25-100-23-18-69(89)83-71(51(3)4)73(92)81-54(7)72(91)82-56-15-13-55(14-16-56)49-110-78(97)87-62-45-67(65(99-9)42-60(62)76(95)86-48-53(6)40-63(86)77(87)96)109-22-12-10-11-21-108-66-44-61-59(41-64(66)98-8)75(94)85-47-52(5)39-57(85)46-80-61/h13-16,41-42,44-48,50-51,54,57-58,63,71,77,96H,10-12,17-40,43,49H2,1-9H3,(H,79,88)(H,81,92)(H,82,91)(H,83,89)/t54-,57-,58?,63-,71-,77-/m0/s1. The van der Waals surface area contributed by atoms with E-state index in [1.807, 2.05) is 33.9 Å². The van der Waals surface area contributed by atoms with Crippen LogP contribution in [0.3, 0.4) is 0 Å². The summed E-state index contributed by atoms with van der Waals surface area (Å²) in [6.07, 6.45) is 6.03. The molecule has 32 heteroatoms. The van der Waals surface area contributed by atoms with Crippen LogP contribution in [0.25, 0.3) is 0 Å². The summed E-state index contributed by atoms with van der Waals surface area (Å²) in [5.74, 6) is -1.97. The van der Waals surface area contributed by atoms with Crippen molar-refractivity contribution < 1.29 is 110 Å². The van der Waals surface area contributed by atoms with Gasteiger partial charge in [-0.1, -0.05) is 51.0 Å². The lowest BCUT2D eigenvalue weighted by molar-refractivity contribution is -0.140. The Labute approximate surface area is 642 Å². The highest BCUT2D eigenvalue weighted by atomic mass is 16.6. The fourth-order valence-corrected chi connectivity index (χ4v) is 12.6. The summed E-state index contributed by atoms with van der Waals surface area (Å²) in [6, 6.07) is 9.93. The largest absolute Gasteiger partial charge is 0.493 e. The quantitative estimate of drug-likeness (QED) is 0.0301. The number of rotatable bonds is 49. The number of aliphatic hydroxyl groups is 1. The maximum absolute atomic E-state index is 14.3. The molecule has 0 radical (unpaired) electrons. The summed E-state index contributed by atoms with van der Waals surface area (Å²) < 4.78 is 73.7. The minimum Gasteiger partial charge on any atom is -0.493 e. The van der Waals surface area contributed by atoms with E-state index in [1.54, 1.807) is 67.6 Å². The summed E-state index contributed by atoms with van der Waals surface area (Å²) in [5.41, 5.74) is 3.92. The number of amides is 9. The topological polar surface area (TPSA) is 367 Å². The van der Waals surface area contributed by atoms with Crippen molar-refractivity contribution in [3.05, 3.63) is 88.8 Å². The van der Waals surface area contributed by atoms with Crippen LogP contribution in [0.1, 0.15) is 126 Å². The molecule has 0 saturated carbocycles. The van der Waals surface area contributed by atoms with E-state index in [1.165, 1.54) is 43.1 Å². The Morgan fingerprint density at radius 1 is 0.573 bits per heavy atom. The molecule has 9 amide bonds. The number of unbranched alkanes of at least 4 members (excludes halogenated alkanes) is 2. The van der Waals surface area contributed by atoms with Crippen LogP contribution in [0.15, 0.2) is 77.1 Å². The molecule has 5 heterocycles. The van der Waals surface area contributed by atoms with Gasteiger partial charge in [-0.25, -0.2) is 9.69 Å². The number of hydrogen-bond donors (Lipinski definition) is 5. The summed E-state index contributed by atoms with van der Waals surface area (Å²) in [6.45, 7) is 18.9. The lowest BCUT2D eigenvalue weighted by atomic mass is 9.94. The van der Waals surface area contributed by atoms with Crippen molar-refractivity contribution in [1.82, 2.24) is 30.7 Å². The molecule has 604 valence electrons. The predicted octanol–water partition coefficient (Wildman–Crippen LogP) is 6.40. The van der Waals surface area contributed by atoms with Crippen molar-refractivity contribution in [2.45, 2.75) is 137 Å². The number of nitrogens with zero attached hydrogens (tertiary/aromatic N) is 5. The maximum atomic E-state index is 14.3. The van der Waals surface area contributed by atoms with Gasteiger partial charge in [-0.2, -0.15) is 0 Å². The Kier molecular flexibility index (Phi) is 35.1. The second-order valence-corrected chi connectivity index (χ2v) is 27.7. The summed E-state index contributed by atoms with van der Waals surface area (Å²) in [5, 5.41) is 22.9. The van der Waals surface area contributed by atoms with Gasteiger partial charge in [0.25, 0.3) is 11.8 Å². The van der Waals surface area contributed by atoms with Crippen molar-refractivity contribution in [3.8, 4) is 23.0 Å². The number of ether oxygens (including phenoxy) is 13. The summed E-state index contributed by atoms with van der Waals surface area (Å²) in [4.78, 5) is 128. The molecule has 110 heavy (non-hydrogen) atoms. The minimum absolute atomic E-state index is 0.0144. The highest BCUT2D eigenvalue weighted by molar-refractivity contribution is 6.07. The monoisotopic (exact) mass is 1540 g/mol. The lowest BCUT2D eigenvalue weighted by Crippen LogP contribution is -2.53. The second kappa shape index (κ2) is 44.7. The molecule has 3 aromatic rings. The number of imide groups is 1. The summed E-state index contributed by atoms with van der Waals surface area (Å²) >= 11 is 0. The number of anilines is 2. The SMILES string of the molecule is COc1cc2c(cc1OCCCCCOc1cc3c(cc1OC)C(=O)N1C=C(C)C[C@H]1[C@H](O)N3C(=O)OCc1ccc(NC(=O)[C@H](C)NC(=O)[C@@H](NC(=O)CCOCCOCCOCCOCCOCCOCCOCCOCCNC(=O)CCN3C(=O)CC(C(C)C)C3=O)C(C)C)cc1)N=C[C@@H]1CC(C)=CN1C2=O. The summed E-state index contributed by atoms with van der Waals surface area (Å²) in [7, 11) is 2.96. The van der Waals surface area contributed by atoms with Crippen LogP contribution in [0.2, 0.25) is 0 Å². The number of aliphatic hydroxyl groups excluding tert-OH is 1. The number of carbonyl (C=O) groups is 9. The van der Waals surface area contributed by atoms with Gasteiger partial charge < -0.3 is 97.8 Å². The first-order valence-corrected chi connectivity index (χ1v) is 37.7. The average Bonchev–Trinajstić information content (AvgIpc) is 1.60. The molecular weight excluding hydrogens is 1430 g/mol. The highest BCUT2D eigenvalue weighted by Crippen LogP contribution is 2.43. The molecule has 5 N–H and O–H groups in total. The molecule has 1 unspecified atom stereocenters. The van der Waals surface area contributed by atoms with Gasteiger partial charge in [0.15, 0.2) is 29.2 Å². The Morgan fingerprint density at radius 3 is 1.67 bits per heavy atom. The van der Waals surface area contributed by atoms with E-state index in [0.717, 1.165) is 22.5 Å². The number of fused-ring (bicyclic) bond motifs is 4. The Morgan fingerprint density at radius 2 is 1.11 bits per heavy atom. The predicted molar refractivity (Wildman–Crippen MR) is 402 cm³/mol. The van der Waals surface area contributed by atoms with E-state index in [4.69, 9.17) is 61.6 Å². The van der Waals surface area contributed by atoms with Gasteiger partial charge in [-0.15, -0.1) is 0 Å². The van der Waals surface area contributed by atoms with Crippen LogP contribution < -0.4 is 45.1 Å². The first-order valence-electron chi connectivity index (χ1n) is 37.7. The fourth-order valence-electron chi connectivity index (χ4n) is 12.6. The molecular formula is C78H109N9O23. The van der Waals surface area contributed by atoms with Gasteiger partial charge >= 0.3 is 6.09 Å². The third kappa shape index (κ3) is 25.7. The van der Waals surface area contributed by atoms with E-state index in [2.05, 4.69) is 26.3 Å². The van der Waals surface area contributed by atoms with Gasteiger partial charge in [0.05, 0.1) is 168 Å².